The van der Waals surface area contributed by atoms with Gasteiger partial charge in [0.2, 0.25) is 0 Å². The van der Waals surface area contributed by atoms with Crippen molar-refractivity contribution in [2.45, 2.75) is 13.3 Å². The molecule has 0 aliphatic carbocycles. The fourth-order valence-electron chi connectivity index (χ4n) is 1.44. The zero-order chi connectivity index (χ0) is 15.1. The highest BCUT2D eigenvalue weighted by atomic mass is 79.9. The first-order valence-corrected chi connectivity index (χ1v) is 6.88. The minimum atomic E-state index is -0.928. The van der Waals surface area contributed by atoms with Crippen LogP contribution < -0.4 is 10.6 Å². The van der Waals surface area contributed by atoms with Crippen LogP contribution in [0.15, 0.2) is 22.7 Å². The van der Waals surface area contributed by atoms with Gasteiger partial charge in [-0.2, -0.15) is 0 Å². The van der Waals surface area contributed by atoms with Crippen LogP contribution in [0.5, 0.6) is 0 Å². The number of aliphatic hydroxyl groups excluding tert-OH is 1. The van der Waals surface area contributed by atoms with E-state index in [0.29, 0.717) is 10.9 Å². The molecule has 110 valence electrons. The molecule has 0 bridgehead atoms. The molecule has 1 aromatic rings. The lowest BCUT2D eigenvalue weighted by atomic mass is 10.1. The van der Waals surface area contributed by atoms with Crippen molar-refractivity contribution in [2.75, 3.05) is 18.5 Å². The molecule has 0 aliphatic heterocycles. The van der Waals surface area contributed by atoms with Crippen LogP contribution in [0, 0.1) is 11.7 Å². The van der Waals surface area contributed by atoms with E-state index >= 15 is 0 Å². The van der Waals surface area contributed by atoms with Gasteiger partial charge in [-0.3, -0.25) is 9.59 Å². The lowest BCUT2D eigenvalue weighted by Crippen LogP contribution is -2.37. The normalized spacial score (nSPS) is 11.8. The van der Waals surface area contributed by atoms with E-state index in [1.807, 2.05) is 6.92 Å². The maximum Gasteiger partial charge on any atom is 0.313 e. The van der Waals surface area contributed by atoms with E-state index in [9.17, 15) is 14.0 Å². The van der Waals surface area contributed by atoms with Crippen molar-refractivity contribution >= 4 is 33.4 Å². The van der Waals surface area contributed by atoms with Crippen molar-refractivity contribution in [3.63, 3.8) is 0 Å². The van der Waals surface area contributed by atoms with Crippen LogP contribution in [0.3, 0.4) is 0 Å². The average Bonchev–Trinajstić information content (AvgIpc) is 2.39. The van der Waals surface area contributed by atoms with Gasteiger partial charge in [-0.05, 0) is 30.5 Å². The van der Waals surface area contributed by atoms with Gasteiger partial charge in [0.15, 0.2) is 0 Å². The maximum absolute atomic E-state index is 13.5. The van der Waals surface area contributed by atoms with Gasteiger partial charge in [0, 0.05) is 17.6 Å². The molecule has 0 spiro atoms. The van der Waals surface area contributed by atoms with E-state index in [1.54, 1.807) is 6.07 Å². The Balaban J connectivity index is 2.51. The second kappa shape index (κ2) is 7.96. The zero-order valence-electron chi connectivity index (χ0n) is 11.0. The highest BCUT2D eigenvalue weighted by molar-refractivity contribution is 9.10. The van der Waals surface area contributed by atoms with E-state index in [-0.39, 0.29) is 24.8 Å². The number of nitrogens with one attached hydrogen (secondary N) is 2. The van der Waals surface area contributed by atoms with Gasteiger partial charge in [0.1, 0.15) is 5.82 Å². The van der Waals surface area contributed by atoms with Crippen LogP contribution in [-0.4, -0.2) is 30.1 Å². The van der Waals surface area contributed by atoms with E-state index in [4.69, 9.17) is 5.11 Å². The Hall–Kier alpha value is -1.47. The number of hydrogen-bond acceptors (Lipinski definition) is 3. The van der Waals surface area contributed by atoms with E-state index in [0.717, 1.165) is 0 Å². The Bertz CT molecular complexity index is 497. The summed E-state index contributed by atoms with van der Waals surface area (Å²) in [5.41, 5.74) is -0.0586. The van der Waals surface area contributed by atoms with E-state index in [1.165, 1.54) is 12.1 Å². The second-order valence-electron chi connectivity index (χ2n) is 4.41. The van der Waals surface area contributed by atoms with Crippen molar-refractivity contribution in [3.8, 4) is 0 Å². The Kier molecular flexibility index (Phi) is 6.60. The molecular formula is C13H16BrFN2O3. The second-order valence-corrected chi connectivity index (χ2v) is 5.32. The van der Waals surface area contributed by atoms with E-state index < -0.39 is 17.6 Å². The lowest BCUT2D eigenvalue weighted by molar-refractivity contribution is -0.136. The summed E-state index contributed by atoms with van der Waals surface area (Å²) in [4.78, 5) is 23.1. The van der Waals surface area contributed by atoms with Gasteiger partial charge in [0.25, 0.3) is 0 Å². The Morgan fingerprint density at radius 3 is 2.70 bits per heavy atom. The molecule has 3 N–H and O–H groups in total. The molecule has 1 atom stereocenters. The summed E-state index contributed by atoms with van der Waals surface area (Å²) >= 11 is 3.09. The summed E-state index contributed by atoms with van der Waals surface area (Å²) in [5, 5.41) is 13.3. The number of halogens is 2. The largest absolute Gasteiger partial charge is 0.396 e. The van der Waals surface area contributed by atoms with Gasteiger partial charge >= 0.3 is 11.8 Å². The highest BCUT2D eigenvalue weighted by Crippen LogP contribution is 2.19. The third-order valence-corrected chi connectivity index (χ3v) is 3.11. The lowest BCUT2D eigenvalue weighted by Gasteiger charge is -2.11. The molecule has 0 saturated heterocycles. The van der Waals surface area contributed by atoms with Gasteiger partial charge < -0.3 is 15.7 Å². The number of anilines is 1. The molecule has 1 rings (SSSR count). The predicted molar refractivity (Wildman–Crippen MR) is 76.6 cm³/mol. The van der Waals surface area contributed by atoms with Crippen molar-refractivity contribution in [2.24, 2.45) is 5.92 Å². The number of hydrogen-bond donors (Lipinski definition) is 3. The van der Waals surface area contributed by atoms with Crippen molar-refractivity contribution in [3.05, 3.63) is 28.5 Å². The molecule has 0 fully saturated rings. The number of benzene rings is 1. The molecule has 1 unspecified atom stereocenters. The van der Waals surface area contributed by atoms with Crippen LogP contribution in [0.2, 0.25) is 0 Å². The summed E-state index contributed by atoms with van der Waals surface area (Å²) in [6, 6.07) is 4.11. The average molecular weight is 347 g/mol. The van der Waals surface area contributed by atoms with Gasteiger partial charge in [-0.25, -0.2) is 4.39 Å². The highest BCUT2D eigenvalue weighted by Gasteiger charge is 2.16. The fraction of sp³-hybridized carbons (Fsp3) is 0.385. The number of carbonyl (C=O) groups is 2. The number of aliphatic hydroxyl groups is 1. The minimum absolute atomic E-state index is 0.0212. The third-order valence-electron chi connectivity index (χ3n) is 2.62. The first-order valence-electron chi connectivity index (χ1n) is 6.09. The Morgan fingerprint density at radius 2 is 2.10 bits per heavy atom. The number of carbonyl (C=O) groups excluding carboxylic acids is 2. The quantitative estimate of drug-likeness (QED) is 0.709. The molecule has 0 radical (unpaired) electrons. The molecule has 0 saturated carbocycles. The predicted octanol–water partition coefficient (Wildman–Crippen LogP) is 1.66. The zero-order valence-corrected chi connectivity index (χ0v) is 12.5. The number of rotatable bonds is 5. The molecular weight excluding hydrogens is 331 g/mol. The maximum atomic E-state index is 13.5. The Labute approximate surface area is 124 Å². The SMILES string of the molecule is CC(CCO)CNC(=O)C(=O)Nc1ccc(Br)cc1F. The first-order chi connectivity index (χ1) is 9.43. The summed E-state index contributed by atoms with van der Waals surface area (Å²) in [6.45, 7) is 2.13. The monoisotopic (exact) mass is 346 g/mol. The molecule has 0 heterocycles. The molecule has 1 aromatic carbocycles. The summed E-state index contributed by atoms with van der Waals surface area (Å²) < 4.78 is 14.0. The van der Waals surface area contributed by atoms with Crippen LogP contribution in [0.25, 0.3) is 0 Å². The molecule has 5 nitrogen and oxygen atoms in total. The van der Waals surface area contributed by atoms with Crippen LogP contribution >= 0.6 is 15.9 Å². The first kappa shape index (κ1) is 16.6. The topological polar surface area (TPSA) is 78.4 Å². The third kappa shape index (κ3) is 5.26. The summed E-state index contributed by atoms with van der Waals surface area (Å²) in [7, 11) is 0. The molecule has 0 aromatic heterocycles. The Morgan fingerprint density at radius 1 is 1.40 bits per heavy atom. The number of amides is 2. The smallest absolute Gasteiger partial charge is 0.313 e. The van der Waals surface area contributed by atoms with Crippen molar-refractivity contribution in [1.82, 2.24) is 5.32 Å². The van der Waals surface area contributed by atoms with Gasteiger partial charge in [0.05, 0.1) is 5.69 Å². The standard InChI is InChI=1S/C13H16BrFN2O3/c1-8(4-5-18)7-16-12(19)13(20)17-11-3-2-9(14)6-10(11)15/h2-3,6,8,18H,4-5,7H2,1H3,(H,16,19)(H,17,20). The van der Waals surface area contributed by atoms with Crippen LogP contribution in [-0.2, 0) is 9.59 Å². The van der Waals surface area contributed by atoms with Crippen LogP contribution in [0.4, 0.5) is 10.1 Å². The molecule has 2 amide bonds. The molecule has 20 heavy (non-hydrogen) atoms. The minimum Gasteiger partial charge on any atom is -0.396 e. The summed E-state index contributed by atoms with van der Waals surface area (Å²) in [6.07, 6.45) is 0.531. The fourth-order valence-corrected chi connectivity index (χ4v) is 1.77. The van der Waals surface area contributed by atoms with Gasteiger partial charge in [-0.15, -0.1) is 0 Å². The van der Waals surface area contributed by atoms with Crippen molar-refractivity contribution < 1.29 is 19.1 Å². The van der Waals surface area contributed by atoms with Crippen molar-refractivity contribution in [1.29, 1.82) is 0 Å². The van der Waals surface area contributed by atoms with Gasteiger partial charge in [-0.1, -0.05) is 22.9 Å². The molecule has 7 heteroatoms. The van der Waals surface area contributed by atoms with Crippen LogP contribution in [0.1, 0.15) is 13.3 Å². The molecule has 0 aliphatic rings. The summed E-state index contributed by atoms with van der Waals surface area (Å²) in [5.74, 6) is -2.34. The van der Waals surface area contributed by atoms with E-state index in [2.05, 4.69) is 26.6 Å².